The lowest BCUT2D eigenvalue weighted by Crippen LogP contribution is -2.50. The number of nitrogens with zero attached hydrogens (tertiary/aromatic N) is 2. The molecule has 0 bridgehead atoms. The molecular formula is C13H24N2O2S. The maximum Gasteiger partial charge on any atom is 0.304 e. The van der Waals surface area contributed by atoms with Crippen molar-refractivity contribution in [1.82, 2.24) is 9.80 Å². The molecule has 2 atom stereocenters. The summed E-state index contributed by atoms with van der Waals surface area (Å²) in [6.07, 6.45) is 1.49. The Morgan fingerprint density at radius 2 is 2.22 bits per heavy atom. The Labute approximate surface area is 114 Å². The molecule has 0 aliphatic carbocycles. The van der Waals surface area contributed by atoms with Crippen LogP contribution >= 0.6 is 11.8 Å². The quantitative estimate of drug-likeness (QED) is 0.837. The van der Waals surface area contributed by atoms with Gasteiger partial charge < -0.3 is 5.11 Å². The van der Waals surface area contributed by atoms with E-state index in [9.17, 15) is 4.79 Å². The number of thioether (sulfide) groups is 1. The topological polar surface area (TPSA) is 43.8 Å². The number of hydrogen-bond donors (Lipinski definition) is 1. The first kappa shape index (κ1) is 14.2. The van der Waals surface area contributed by atoms with E-state index < -0.39 is 5.97 Å². The standard InChI is InChI=1S/C13H24N2O2S/c1-10(2)14-4-3-11(8-14)15-5-6-18-9-12(15)7-13(16)17/h10-12H,3-9H2,1-2H3,(H,16,17). The van der Waals surface area contributed by atoms with Gasteiger partial charge in [-0.05, 0) is 20.3 Å². The van der Waals surface area contributed by atoms with Gasteiger partial charge in [-0.3, -0.25) is 14.6 Å². The molecule has 104 valence electrons. The van der Waals surface area contributed by atoms with Gasteiger partial charge >= 0.3 is 5.97 Å². The largest absolute Gasteiger partial charge is 0.481 e. The van der Waals surface area contributed by atoms with Crippen LogP contribution in [0.15, 0.2) is 0 Å². The average molecular weight is 272 g/mol. The highest BCUT2D eigenvalue weighted by Gasteiger charge is 2.35. The van der Waals surface area contributed by atoms with Gasteiger partial charge in [0.1, 0.15) is 0 Å². The molecule has 4 nitrogen and oxygen atoms in total. The lowest BCUT2D eigenvalue weighted by Gasteiger charge is -2.39. The highest BCUT2D eigenvalue weighted by Crippen LogP contribution is 2.26. The molecule has 0 aromatic heterocycles. The van der Waals surface area contributed by atoms with Crippen LogP contribution in [0.5, 0.6) is 0 Å². The normalized spacial score (nSPS) is 31.1. The van der Waals surface area contributed by atoms with Crippen LogP contribution in [0.1, 0.15) is 26.7 Å². The molecule has 0 amide bonds. The Kier molecular flexibility index (Phi) is 4.92. The van der Waals surface area contributed by atoms with Crippen LogP contribution < -0.4 is 0 Å². The molecule has 2 heterocycles. The minimum absolute atomic E-state index is 0.235. The maximum atomic E-state index is 11.0. The molecule has 1 N–H and O–H groups in total. The van der Waals surface area contributed by atoms with Crippen molar-refractivity contribution in [2.45, 2.75) is 44.8 Å². The third kappa shape index (κ3) is 3.39. The lowest BCUT2D eigenvalue weighted by atomic mass is 10.1. The van der Waals surface area contributed by atoms with E-state index >= 15 is 0 Å². The molecule has 2 fully saturated rings. The van der Waals surface area contributed by atoms with E-state index in [-0.39, 0.29) is 6.04 Å². The Morgan fingerprint density at radius 1 is 1.44 bits per heavy atom. The Morgan fingerprint density at radius 3 is 2.83 bits per heavy atom. The first-order chi connectivity index (χ1) is 8.58. The maximum absolute atomic E-state index is 11.0. The molecule has 0 spiro atoms. The number of likely N-dealkylation sites (tertiary alicyclic amines) is 1. The van der Waals surface area contributed by atoms with Gasteiger partial charge in [-0.25, -0.2) is 0 Å². The minimum Gasteiger partial charge on any atom is -0.481 e. The predicted octanol–water partition coefficient (Wildman–Crippen LogP) is 1.36. The van der Waals surface area contributed by atoms with Crippen LogP contribution in [-0.4, -0.2) is 70.1 Å². The Balaban J connectivity index is 1.95. The molecule has 18 heavy (non-hydrogen) atoms. The Hall–Kier alpha value is -0.260. The van der Waals surface area contributed by atoms with Gasteiger partial charge in [0.2, 0.25) is 0 Å². The molecule has 2 aliphatic rings. The second kappa shape index (κ2) is 6.26. The molecule has 0 radical (unpaired) electrons. The van der Waals surface area contributed by atoms with Crippen LogP contribution in [0.25, 0.3) is 0 Å². The van der Waals surface area contributed by atoms with Gasteiger partial charge in [0.05, 0.1) is 6.42 Å². The van der Waals surface area contributed by atoms with E-state index in [1.165, 1.54) is 6.42 Å². The average Bonchev–Trinajstić information content (AvgIpc) is 2.78. The zero-order chi connectivity index (χ0) is 13.1. The summed E-state index contributed by atoms with van der Waals surface area (Å²) in [5.41, 5.74) is 0. The molecule has 0 saturated carbocycles. The second-order valence-corrected chi connectivity index (χ2v) is 6.75. The zero-order valence-electron chi connectivity index (χ0n) is 11.3. The van der Waals surface area contributed by atoms with E-state index in [2.05, 4.69) is 23.6 Å². The molecular weight excluding hydrogens is 248 g/mol. The van der Waals surface area contributed by atoms with Crippen molar-refractivity contribution >= 4 is 17.7 Å². The summed E-state index contributed by atoms with van der Waals surface area (Å²) < 4.78 is 0. The van der Waals surface area contributed by atoms with Crippen molar-refractivity contribution in [2.24, 2.45) is 0 Å². The number of carbonyl (C=O) groups is 1. The van der Waals surface area contributed by atoms with Crippen LogP contribution in [-0.2, 0) is 4.79 Å². The number of carboxylic acid groups (broad SMARTS) is 1. The number of aliphatic carboxylic acids is 1. The van der Waals surface area contributed by atoms with Crippen LogP contribution in [0.2, 0.25) is 0 Å². The Bertz CT molecular complexity index is 299. The summed E-state index contributed by atoms with van der Waals surface area (Å²) in [5.74, 6) is 1.46. The lowest BCUT2D eigenvalue weighted by molar-refractivity contribution is -0.138. The van der Waals surface area contributed by atoms with E-state index in [0.717, 1.165) is 31.1 Å². The zero-order valence-corrected chi connectivity index (χ0v) is 12.2. The third-order valence-corrected chi connectivity index (χ3v) is 5.17. The molecule has 2 saturated heterocycles. The van der Waals surface area contributed by atoms with Gasteiger partial charge in [0.25, 0.3) is 0 Å². The summed E-state index contributed by atoms with van der Waals surface area (Å²) in [4.78, 5) is 15.9. The fourth-order valence-corrected chi connectivity index (χ4v) is 4.12. The second-order valence-electron chi connectivity index (χ2n) is 5.60. The summed E-state index contributed by atoms with van der Waals surface area (Å²) in [7, 11) is 0. The highest BCUT2D eigenvalue weighted by molar-refractivity contribution is 7.99. The van der Waals surface area contributed by atoms with E-state index in [4.69, 9.17) is 5.11 Å². The van der Waals surface area contributed by atoms with Gasteiger partial charge in [-0.15, -0.1) is 0 Å². The van der Waals surface area contributed by atoms with E-state index in [1.807, 2.05) is 11.8 Å². The highest BCUT2D eigenvalue weighted by atomic mass is 32.2. The van der Waals surface area contributed by atoms with Gasteiger partial charge in [0, 0.05) is 49.3 Å². The SMILES string of the molecule is CC(C)N1CCC(N2CCSCC2CC(=O)O)C1. The first-order valence-corrected chi connectivity index (χ1v) is 8.02. The molecule has 0 aromatic rings. The van der Waals surface area contributed by atoms with Crippen molar-refractivity contribution in [3.63, 3.8) is 0 Å². The third-order valence-electron chi connectivity index (χ3n) is 4.08. The van der Waals surface area contributed by atoms with Crippen LogP contribution in [0.4, 0.5) is 0 Å². The predicted molar refractivity (Wildman–Crippen MR) is 75.2 cm³/mol. The van der Waals surface area contributed by atoms with Crippen LogP contribution in [0, 0.1) is 0 Å². The monoisotopic (exact) mass is 272 g/mol. The fraction of sp³-hybridized carbons (Fsp3) is 0.923. The summed E-state index contributed by atoms with van der Waals surface area (Å²) >= 11 is 1.90. The smallest absolute Gasteiger partial charge is 0.304 e. The van der Waals surface area contributed by atoms with E-state index in [0.29, 0.717) is 18.5 Å². The molecule has 2 rings (SSSR count). The van der Waals surface area contributed by atoms with Gasteiger partial charge in [-0.1, -0.05) is 0 Å². The van der Waals surface area contributed by atoms with Crippen molar-refractivity contribution < 1.29 is 9.90 Å². The summed E-state index contributed by atoms with van der Waals surface area (Å²) in [5, 5.41) is 9.02. The fourth-order valence-electron chi connectivity index (χ4n) is 3.03. The minimum atomic E-state index is -0.661. The molecule has 0 aromatic carbocycles. The first-order valence-electron chi connectivity index (χ1n) is 6.87. The van der Waals surface area contributed by atoms with E-state index in [1.54, 1.807) is 0 Å². The number of hydrogen-bond acceptors (Lipinski definition) is 4. The van der Waals surface area contributed by atoms with Crippen molar-refractivity contribution in [3.8, 4) is 0 Å². The van der Waals surface area contributed by atoms with Gasteiger partial charge in [-0.2, -0.15) is 11.8 Å². The number of carboxylic acids is 1. The van der Waals surface area contributed by atoms with Gasteiger partial charge in [0.15, 0.2) is 0 Å². The van der Waals surface area contributed by atoms with Crippen molar-refractivity contribution in [1.29, 1.82) is 0 Å². The number of rotatable bonds is 4. The summed E-state index contributed by atoms with van der Waals surface area (Å²) in [6, 6.07) is 1.41. The molecule has 2 unspecified atom stereocenters. The van der Waals surface area contributed by atoms with Crippen LogP contribution in [0.3, 0.4) is 0 Å². The summed E-state index contributed by atoms with van der Waals surface area (Å²) in [6.45, 7) is 7.80. The van der Waals surface area contributed by atoms with Crippen molar-refractivity contribution in [3.05, 3.63) is 0 Å². The molecule has 2 aliphatic heterocycles. The molecule has 5 heteroatoms. The van der Waals surface area contributed by atoms with Crippen molar-refractivity contribution in [2.75, 3.05) is 31.1 Å².